The molecule has 0 aliphatic rings. The molecule has 0 amide bonds. The summed E-state index contributed by atoms with van der Waals surface area (Å²) in [5, 5.41) is 8.57. The lowest BCUT2D eigenvalue weighted by atomic mass is 10.1. The van der Waals surface area contributed by atoms with E-state index >= 15 is 0 Å². The number of pyridine rings is 1. The molecule has 0 bridgehead atoms. The minimum absolute atomic E-state index is 0.0562. The van der Waals surface area contributed by atoms with Gasteiger partial charge in [-0.25, -0.2) is 8.78 Å². The zero-order chi connectivity index (χ0) is 12.3. The Kier molecular flexibility index (Phi) is 4.18. The second kappa shape index (κ2) is 5.21. The molecular weight excluding hydrogens is 240 g/mol. The van der Waals surface area contributed by atoms with Crippen LogP contribution in [-0.4, -0.2) is 16.1 Å². The van der Waals surface area contributed by atoms with Crippen LogP contribution in [0, 0.1) is 6.92 Å². The number of halogens is 3. The highest BCUT2D eigenvalue weighted by atomic mass is 35.5. The molecule has 1 heterocycles. The van der Waals surface area contributed by atoms with E-state index in [1.165, 1.54) is 13.0 Å². The number of hydrogen-bond acceptors (Lipinski definition) is 2. The SMILES string of the molecule is Cc1c(CCl)cc(CC(=O)O)nc1C(F)F. The largest absolute Gasteiger partial charge is 0.481 e. The molecule has 0 fully saturated rings. The number of aromatic nitrogens is 1. The first kappa shape index (κ1) is 12.8. The molecule has 0 radical (unpaired) electrons. The summed E-state index contributed by atoms with van der Waals surface area (Å²) >= 11 is 5.60. The van der Waals surface area contributed by atoms with E-state index in [4.69, 9.17) is 16.7 Å². The van der Waals surface area contributed by atoms with Crippen LogP contribution < -0.4 is 0 Å². The molecule has 0 aliphatic carbocycles. The van der Waals surface area contributed by atoms with Crippen LogP contribution in [0.15, 0.2) is 6.07 Å². The van der Waals surface area contributed by atoms with E-state index in [0.29, 0.717) is 11.1 Å². The Balaban J connectivity index is 3.22. The van der Waals surface area contributed by atoms with Gasteiger partial charge in [0.15, 0.2) is 0 Å². The van der Waals surface area contributed by atoms with Crippen molar-refractivity contribution in [2.24, 2.45) is 0 Å². The number of hydrogen-bond donors (Lipinski definition) is 1. The van der Waals surface area contributed by atoms with Gasteiger partial charge in [-0.3, -0.25) is 9.78 Å². The highest BCUT2D eigenvalue weighted by Gasteiger charge is 2.17. The van der Waals surface area contributed by atoms with Crippen LogP contribution >= 0.6 is 11.6 Å². The molecule has 1 N–H and O–H groups in total. The lowest BCUT2D eigenvalue weighted by molar-refractivity contribution is -0.136. The minimum Gasteiger partial charge on any atom is -0.481 e. The highest BCUT2D eigenvalue weighted by Crippen LogP contribution is 2.24. The van der Waals surface area contributed by atoms with Crippen molar-refractivity contribution in [3.8, 4) is 0 Å². The molecule has 0 atom stereocenters. The van der Waals surface area contributed by atoms with Gasteiger partial charge in [0.1, 0.15) is 5.69 Å². The summed E-state index contributed by atoms with van der Waals surface area (Å²) in [6.07, 6.45) is -3.11. The summed E-state index contributed by atoms with van der Waals surface area (Å²) in [6, 6.07) is 1.45. The normalized spacial score (nSPS) is 10.8. The molecule has 6 heteroatoms. The Hall–Kier alpha value is -1.23. The standard InChI is InChI=1S/C10H10ClF2NO2/c1-5-6(4-11)2-7(3-8(15)16)14-9(5)10(12)13/h2,10H,3-4H2,1H3,(H,15,16). The van der Waals surface area contributed by atoms with Crippen molar-refractivity contribution in [2.45, 2.75) is 25.7 Å². The van der Waals surface area contributed by atoms with E-state index in [9.17, 15) is 13.6 Å². The summed E-state index contributed by atoms with van der Waals surface area (Å²) in [5.41, 5.74) is 0.515. The van der Waals surface area contributed by atoms with Crippen LogP contribution in [0.25, 0.3) is 0 Å². The maximum Gasteiger partial charge on any atom is 0.309 e. The molecule has 3 nitrogen and oxygen atoms in total. The first-order chi connectivity index (χ1) is 7.45. The zero-order valence-corrected chi connectivity index (χ0v) is 9.26. The molecule has 0 saturated carbocycles. The van der Waals surface area contributed by atoms with Gasteiger partial charge in [0.25, 0.3) is 6.43 Å². The van der Waals surface area contributed by atoms with Gasteiger partial charge < -0.3 is 5.11 Å². The molecule has 0 saturated heterocycles. The molecule has 0 aromatic carbocycles. The first-order valence-corrected chi connectivity index (χ1v) is 5.04. The molecule has 0 aliphatic heterocycles. The van der Waals surface area contributed by atoms with Gasteiger partial charge in [-0.05, 0) is 24.1 Å². The zero-order valence-electron chi connectivity index (χ0n) is 8.51. The van der Waals surface area contributed by atoms with E-state index in [0.717, 1.165) is 0 Å². The molecular formula is C10H10ClF2NO2. The van der Waals surface area contributed by atoms with E-state index in [1.54, 1.807) is 0 Å². The summed E-state index contributed by atoms with van der Waals surface area (Å²) in [6.45, 7) is 1.50. The van der Waals surface area contributed by atoms with Gasteiger partial charge >= 0.3 is 5.97 Å². The number of aliphatic carboxylic acids is 1. The van der Waals surface area contributed by atoms with Crippen LogP contribution in [-0.2, 0) is 17.1 Å². The molecule has 1 aromatic rings. The fourth-order valence-electron chi connectivity index (χ4n) is 1.34. The molecule has 88 valence electrons. The summed E-state index contributed by atoms with van der Waals surface area (Å²) in [7, 11) is 0. The van der Waals surface area contributed by atoms with Crippen LogP contribution in [0.4, 0.5) is 8.78 Å². The molecule has 1 aromatic heterocycles. The Morgan fingerprint density at radius 2 is 2.25 bits per heavy atom. The third kappa shape index (κ3) is 2.88. The summed E-state index contributed by atoms with van der Waals surface area (Å²) in [4.78, 5) is 14.1. The lowest BCUT2D eigenvalue weighted by Gasteiger charge is -2.10. The monoisotopic (exact) mass is 249 g/mol. The van der Waals surface area contributed by atoms with Gasteiger partial charge in [-0.1, -0.05) is 0 Å². The average molecular weight is 250 g/mol. The van der Waals surface area contributed by atoms with Crippen LogP contribution in [0.5, 0.6) is 0 Å². The van der Waals surface area contributed by atoms with Crippen molar-refractivity contribution in [3.63, 3.8) is 0 Å². The predicted octanol–water partition coefficient (Wildman–Crippen LogP) is 2.69. The van der Waals surface area contributed by atoms with Gasteiger partial charge in [0.2, 0.25) is 0 Å². The number of rotatable bonds is 4. The fourth-order valence-corrected chi connectivity index (χ4v) is 1.62. The van der Waals surface area contributed by atoms with Crippen LogP contribution in [0.3, 0.4) is 0 Å². The van der Waals surface area contributed by atoms with E-state index in [-0.39, 0.29) is 18.0 Å². The smallest absolute Gasteiger partial charge is 0.309 e. The van der Waals surface area contributed by atoms with E-state index in [2.05, 4.69) is 4.98 Å². The van der Waals surface area contributed by atoms with Crippen molar-refractivity contribution in [3.05, 3.63) is 28.6 Å². The predicted molar refractivity (Wildman–Crippen MR) is 54.8 cm³/mol. The van der Waals surface area contributed by atoms with Gasteiger partial charge in [0.05, 0.1) is 12.1 Å². The molecule has 0 unspecified atom stereocenters. The summed E-state index contributed by atoms with van der Waals surface area (Å²) < 4.78 is 25.2. The van der Waals surface area contributed by atoms with Crippen molar-refractivity contribution in [2.75, 3.05) is 0 Å². The third-order valence-corrected chi connectivity index (χ3v) is 2.44. The summed E-state index contributed by atoms with van der Waals surface area (Å²) in [5.74, 6) is -1.06. The third-order valence-electron chi connectivity index (χ3n) is 2.15. The van der Waals surface area contributed by atoms with Crippen molar-refractivity contribution in [1.29, 1.82) is 0 Å². The topological polar surface area (TPSA) is 50.2 Å². The Morgan fingerprint density at radius 1 is 1.62 bits per heavy atom. The Labute approximate surface area is 96.1 Å². The number of nitrogens with zero attached hydrogens (tertiary/aromatic N) is 1. The Morgan fingerprint density at radius 3 is 2.69 bits per heavy atom. The maximum atomic E-state index is 12.6. The molecule has 0 spiro atoms. The first-order valence-electron chi connectivity index (χ1n) is 4.51. The van der Waals surface area contributed by atoms with Crippen LogP contribution in [0.1, 0.15) is 28.9 Å². The average Bonchev–Trinajstić information content (AvgIpc) is 2.19. The van der Waals surface area contributed by atoms with E-state index in [1.807, 2.05) is 0 Å². The van der Waals surface area contributed by atoms with Gasteiger partial charge in [-0.2, -0.15) is 0 Å². The number of carbonyl (C=O) groups is 1. The van der Waals surface area contributed by atoms with Gasteiger partial charge in [-0.15, -0.1) is 11.6 Å². The second-order valence-electron chi connectivity index (χ2n) is 3.29. The maximum absolute atomic E-state index is 12.6. The van der Waals surface area contributed by atoms with Crippen molar-refractivity contribution in [1.82, 2.24) is 4.98 Å². The lowest BCUT2D eigenvalue weighted by Crippen LogP contribution is -2.07. The quantitative estimate of drug-likeness (QED) is 0.835. The second-order valence-corrected chi connectivity index (χ2v) is 3.56. The van der Waals surface area contributed by atoms with Crippen molar-refractivity contribution >= 4 is 17.6 Å². The number of alkyl halides is 3. The van der Waals surface area contributed by atoms with Crippen molar-refractivity contribution < 1.29 is 18.7 Å². The van der Waals surface area contributed by atoms with E-state index < -0.39 is 18.1 Å². The van der Waals surface area contributed by atoms with Crippen LogP contribution in [0.2, 0.25) is 0 Å². The van der Waals surface area contributed by atoms with Gasteiger partial charge in [0, 0.05) is 5.88 Å². The highest BCUT2D eigenvalue weighted by molar-refractivity contribution is 6.17. The minimum atomic E-state index is -2.73. The number of carboxylic acids is 1. The number of carboxylic acid groups (broad SMARTS) is 1. The molecule has 1 rings (SSSR count). The fraction of sp³-hybridized carbons (Fsp3) is 0.400. The molecule has 16 heavy (non-hydrogen) atoms. The Bertz CT molecular complexity index is 410.